The first-order valence-electron chi connectivity index (χ1n) is 19.4. The Morgan fingerprint density at radius 2 is 0.738 bits per heavy atom. The zero-order chi connectivity index (χ0) is 43.8. The van der Waals surface area contributed by atoms with Crippen LogP contribution in [-0.4, -0.2) is 139 Å². The van der Waals surface area contributed by atoms with Gasteiger partial charge in [0.15, 0.2) is 0 Å². The van der Waals surface area contributed by atoms with Crippen LogP contribution in [0.4, 0.5) is 0 Å². The summed E-state index contributed by atoms with van der Waals surface area (Å²) >= 11 is 65.8. The smallest absolute Gasteiger partial charge is 0.759 e. The molecule has 30 unspecified atom stereocenters. The van der Waals surface area contributed by atoms with Crippen LogP contribution in [0.1, 0.15) is 12.8 Å². The summed E-state index contributed by atoms with van der Waals surface area (Å²) in [5.74, 6) is 2.16. The molecule has 4 saturated carbocycles. The SMILES string of the molecule is ClC1C(Br)C(Br)C(Br)C2C3NC(NC4NC(NC5C6C(Br)C(Br)C(Br)C(Br)C6C(NC6NC(N3)C3C(Br)C(Br)C(Br)C(Br)C63)N5Br)C3C(Br)C(Br)CCC43)C12.O=S(=O)([O-])[O-].[Cu+2]. The second kappa shape index (κ2) is 22.1. The van der Waals surface area contributed by atoms with Crippen molar-refractivity contribution < 1.29 is 34.6 Å². The Balaban J connectivity index is 0.000000885. The molecule has 0 amide bonds. The fourth-order valence-electron chi connectivity index (χ4n) is 11.8. The largest absolute Gasteiger partial charge is 2.00 e. The monoisotopic (exact) mass is 1840 g/mol. The van der Waals surface area contributed by atoms with E-state index < -0.39 is 10.4 Å². The van der Waals surface area contributed by atoms with E-state index in [-0.39, 0.29) is 160 Å². The van der Waals surface area contributed by atoms with Gasteiger partial charge in [0.2, 0.25) is 0 Å². The molecule has 8 bridgehead atoms. The molecule has 7 N–H and O–H groups in total. The fraction of sp³-hybridized carbons (Fsp3) is 1.00. The van der Waals surface area contributed by atoms with Gasteiger partial charge in [-0.1, -0.05) is 207 Å². The van der Waals surface area contributed by atoms with Crippen molar-refractivity contribution >= 4 is 245 Å². The van der Waals surface area contributed by atoms with Crippen molar-refractivity contribution in [3.63, 3.8) is 0 Å². The van der Waals surface area contributed by atoms with Crippen molar-refractivity contribution in [1.82, 2.24) is 41.1 Å². The molecule has 355 valence electrons. The van der Waals surface area contributed by atoms with Crippen molar-refractivity contribution in [2.24, 2.45) is 47.3 Å². The van der Waals surface area contributed by atoms with E-state index in [1.807, 2.05) is 0 Å². The number of alkyl halides is 14. The number of nitrogens with one attached hydrogen (secondary N) is 7. The van der Waals surface area contributed by atoms with Crippen LogP contribution in [0.25, 0.3) is 0 Å². The summed E-state index contributed by atoms with van der Waals surface area (Å²) in [4.78, 5) is 2.92. The number of hydrogen-bond donors (Lipinski definition) is 7. The topological polar surface area (TPSA) is 168 Å². The van der Waals surface area contributed by atoms with Gasteiger partial charge in [-0.05, 0) is 18.8 Å². The van der Waals surface area contributed by atoms with Gasteiger partial charge in [-0.3, -0.25) is 45.6 Å². The van der Waals surface area contributed by atoms with E-state index in [1.54, 1.807) is 0 Å². The predicted molar refractivity (Wildman–Crippen MR) is 286 cm³/mol. The van der Waals surface area contributed by atoms with Crippen LogP contribution in [0.5, 0.6) is 0 Å². The Labute approximate surface area is 491 Å². The number of fused-ring (bicyclic) bond motifs is 20. The molecule has 0 aromatic carbocycles. The third kappa shape index (κ3) is 10.6. The minimum absolute atomic E-state index is 0. The molecule has 1 radical (unpaired) electrons. The Kier molecular flexibility index (Phi) is 20.2. The summed E-state index contributed by atoms with van der Waals surface area (Å²) in [6.07, 6.45) is 2.40. The molecule has 4 aliphatic carbocycles. The molecular formula is C32H41Br14ClCuN8O4S. The maximum atomic E-state index is 8.52. The van der Waals surface area contributed by atoms with Crippen LogP contribution < -0.4 is 37.2 Å². The first-order valence-corrected chi connectivity index (χ1v) is 33.8. The molecule has 61 heavy (non-hydrogen) atoms. The van der Waals surface area contributed by atoms with Gasteiger partial charge in [0, 0.05) is 131 Å². The quantitative estimate of drug-likeness (QED) is 0.0424. The van der Waals surface area contributed by atoms with Gasteiger partial charge < -0.3 is 9.11 Å². The van der Waals surface area contributed by atoms with Gasteiger partial charge in [0.05, 0.1) is 54.7 Å². The van der Waals surface area contributed by atoms with Gasteiger partial charge in [0.25, 0.3) is 0 Å². The second-order valence-electron chi connectivity index (χ2n) is 17.3. The van der Waals surface area contributed by atoms with Gasteiger partial charge in [-0.25, -0.2) is 3.93 Å². The van der Waals surface area contributed by atoms with Crippen LogP contribution in [0.3, 0.4) is 0 Å². The molecule has 0 spiro atoms. The van der Waals surface area contributed by atoms with Crippen molar-refractivity contribution in [2.75, 3.05) is 0 Å². The van der Waals surface area contributed by atoms with Gasteiger partial charge in [0.1, 0.15) is 0 Å². The van der Waals surface area contributed by atoms with Gasteiger partial charge in [-0.15, -0.1) is 11.6 Å². The molecule has 5 saturated heterocycles. The number of nitrogens with zero attached hydrogens (tertiary/aromatic N) is 1. The standard InChI is InChI=1S/C32H41Br14ClN8.Cu.H2O4S/c33-4-2-1-3-5(12(4)34)26-48-25(3)49-30-11-8(15(37)22(44)23(45)24(11)47)28(52-30)50-27-6-7(14(36)19(41)18(40)13(6)35)29(51-27)54-32-10-9(31(53-26)55(32)46)16(38)20(42)21(43)17(10)39;;1-5(2,3)4/h3-32,48-54H,1-2H2;;(H2,1,2,3,4)/q;+2;/p-2. The van der Waals surface area contributed by atoms with Crippen LogP contribution >= 0.6 is 235 Å². The first-order chi connectivity index (χ1) is 28.0. The molecule has 12 nitrogen and oxygen atoms in total. The molecule has 30 atom stereocenters. The number of rotatable bonds is 0. The van der Waals surface area contributed by atoms with E-state index >= 15 is 0 Å². The molecule has 9 rings (SSSR count). The van der Waals surface area contributed by atoms with Crippen LogP contribution in [0, 0.1) is 47.3 Å². The third-order valence-electron chi connectivity index (χ3n) is 14.4. The molecule has 0 aromatic rings. The average molecular weight is 1850 g/mol. The van der Waals surface area contributed by atoms with E-state index in [0.717, 1.165) is 12.8 Å². The molecule has 5 aliphatic heterocycles. The summed E-state index contributed by atoms with van der Waals surface area (Å²) in [6.45, 7) is 0. The zero-order valence-electron chi connectivity index (χ0n) is 30.7. The van der Waals surface area contributed by atoms with E-state index in [0.29, 0.717) is 21.5 Å². The summed E-state index contributed by atoms with van der Waals surface area (Å²) in [7, 11) is -5.17. The normalized spacial score (nSPS) is 59.2. The number of hydrogen-bond acceptors (Lipinski definition) is 12. The molecule has 29 heteroatoms. The summed E-state index contributed by atoms with van der Waals surface area (Å²) < 4.78 is 36.5. The van der Waals surface area contributed by atoms with Crippen molar-refractivity contribution in [1.29, 1.82) is 0 Å². The Hall–Kier alpha value is 7.08. The Morgan fingerprint density at radius 3 is 1.16 bits per heavy atom. The van der Waals surface area contributed by atoms with E-state index in [1.165, 1.54) is 0 Å². The molecular weight excluding hydrogens is 1810 g/mol. The van der Waals surface area contributed by atoms with Crippen LogP contribution in [0.2, 0.25) is 0 Å². The van der Waals surface area contributed by atoms with Gasteiger partial charge >= 0.3 is 17.1 Å². The minimum atomic E-state index is -5.17. The third-order valence-corrected chi connectivity index (χ3v) is 37.5. The Bertz CT molecular complexity index is 1690. The molecule has 9 aliphatic rings. The van der Waals surface area contributed by atoms with E-state index in [9.17, 15) is 0 Å². The van der Waals surface area contributed by atoms with Crippen molar-refractivity contribution in [2.45, 2.75) is 130 Å². The van der Waals surface area contributed by atoms with E-state index in [2.05, 4.69) is 264 Å². The summed E-state index contributed by atoms with van der Waals surface area (Å²) in [5.41, 5.74) is 0. The molecule has 9 fully saturated rings. The maximum Gasteiger partial charge on any atom is 2.00 e. The van der Waals surface area contributed by atoms with Gasteiger partial charge in [-0.2, -0.15) is 0 Å². The Morgan fingerprint density at radius 1 is 0.426 bits per heavy atom. The minimum Gasteiger partial charge on any atom is -0.759 e. The predicted octanol–water partition coefficient (Wildman–Crippen LogP) is 7.36. The zero-order valence-corrected chi connectivity index (χ0v) is 55.4. The maximum absolute atomic E-state index is 8.52. The van der Waals surface area contributed by atoms with Crippen molar-refractivity contribution in [3.05, 3.63) is 0 Å². The average Bonchev–Trinajstić information content (AvgIpc) is 3.90. The van der Waals surface area contributed by atoms with Crippen LogP contribution in [-0.2, 0) is 27.5 Å². The second-order valence-corrected chi connectivity index (χ2v) is 33.3. The first kappa shape index (κ1) is 55.8. The molecule has 5 heterocycles. The molecule has 0 aromatic heterocycles. The van der Waals surface area contributed by atoms with E-state index in [4.69, 9.17) is 29.1 Å². The summed E-state index contributed by atoms with van der Waals surface area (Å²) in [5, 5.41) is 29.4. The number of halogens is 15. The summed E-state index contributed by atoms with van der Waals surface area (Å²) in [6, 6.07) is 0. The van der Waals surface area contributed by atoms with Crippen molar-refractivity contribution in [3.8, 4) is 0 Å². The van der Waals surface area contributed by atoms with Crippen LogP contribution in [0.15, 0.2) is 0 Å². The fourth-order valence-corrected chi connectivity index (χ4v) is 25.9.